The summed E-state index contributed by atoms with van der Waals surface area (Å²) in [5, 5.41) is 9.68. The Labute approximate surface area is 67.6 Å². The van der Waals surface area contributed by atoms with E-state index >= 15 is 0 Å². The van der Waals surface area contributed by atoms with Crippen molar-refractivity contribution in [1.29, 1.82) is 0 Å². The Bertz CT molecular complexity index is 142. The zero-order valence-electron chi connectivity index (χ0n) is 6.99. The van der Waals surface area contributed by atoms with E-state index < -0.39 is 0 Å². The van der Waals surface area contributed by atoms with Gasteiger partial charge < -0.3 is 9.84 Å². The smallest absolute Gasteiger partial charge is 0.0841 e. The van der Waals surface area contributed by atoms with E-state index in [0.717, 1.165) is 12.8 Å². The highest BCUT2D eigenvalue weighted by Gasteiger charge is 2.38. The van der Waals surface area contributed by atoms with Crippen LogP contribution in [-0.4, -0.2) is 23.4 Å². The van der Waals surface area contributed by atoms with Crippen LogP contribution < -0.4 is 0 Å². The fourth-order valence-corrected chi connectivity index (χ4v) is 1.83. The van der Waals surface area contributed by atoms with Crippen molar-refractivity contribution < 1.29 is 9.84 Å². The summed E-state index contributed by atoms with van der Waals surface area (Å²) in [5.74, 6) is 0.560. The lowest BCUT2D eigenvalue weighted by molar-refractivity contribution is -0.0372. The third kappa shape index (κ3) is 1.57. The summed E-state index contributed by atoms with van der Waals surface area (Å²) in [6.07, 6.45) is 4.93. The minimum Gasteiger partial charge on any atom is -0.390 e. The Balaban J connectivity index is 1.84. The normalized spacial score (nSPS) is 40.9. The van der Waals surface area contributed by atoms with Gasteiger partial charge in [-0.2, -0.15) is 0 Å². The van der Waals surface area contributed by atoms with Gasteiger partial charge in [-0.1, -0.05) is 0 Å². The van der Waals surface area contributed by atoms with Crippen molar-refractivity contribution >= 4 is 0 Å². The van der Waals surface area contributed by atoms with Gasteiger partial charge in [-0.05, 0) is 38.5 Å². The van der Waals surface area contributed by atoms with Crippen LogP contribution in [0, 0.1) is 5.92 Å². The number of rotatable bonds is 2. The first-order valence-corrected chi connectivity index (χ1v) is 4.61. The quantitative estimate of drug-likeness (QED) is 0.653. The topological polar surface area (TPSA) is 29.5 Å². The molecule has 2 heteroatoms. The van der Waals surface area contributed by atoms with Gasteiger partial charge in [0.25, 0.3) is 0 Å². The van der Waals surface area contributed by atoms with Crippen molar-refractivity contribution in [3.63, 3.8) is 0 Å². The molecule has 0 aromatic heterocycles. The fourth-order valence-electron chi connectivity index (χ4n) is 1.83. The molecule has 0 spiro atoms. The molecule has 1 aliphatic heterocycles. The first kappa shape index (κ1) is 7.56. The number of ether oxygens (including phenoxy) is 1. The van der Waals surface area contributed by atoms with Gasteiger partial charge in [0.2, 0.25) is 0 Å². The van der Waals surface area contributed by atoms with Crippen LogP contribution in [0.15, 0.2) is 0 Å². The van der Waals surface area contributed by atoms with Crippen LogP contribution in [0.5, 0.6) is 0 Å². The number of aliphatic hydroxyl groups is 1. The summed E-state index contributed by atoms with van der Waals surface area (Å²) in [5.41, 5.74) is 0. The van der Waals surface area contributed by atoms with Crippen molar-refractivity contribution in [2.45, 2.75) is 50.9 Å². The predicted molar refractivity (Wildman–Crippen MR) is 42.3 cm³/mol. The van der Waals surface area contributed by atoms with Crippen LogP contribution in [0.2, 0.25) is 0 Å². The Hall–Kier alpha value is -0.0800. The molecule has 0 aromatic carbocycles. The van der Waals surface area contributed by atoms with E-state index in [1.807, 2.05) is 0 Å². The van der Waals surface area contributed by atoms with Crippen molar-refractivity contribution in [3.05, 3.63) is 0 Å². The SMILES string of the molecule is CC1CCC(C(O)C2CC2)O1. The molecule has 11 heavy (non-hydrogen) atoms. The van der Waals surface area contributed by atoms with Crippen LogP contribution in [0.3, 0.4) is 0 Å². The second-order valence-corrected chi connectivity index (χ2v) is 3.89. The lowest BCUT2D eigenvalue weighted by Gasteiger charge is -2.17. The summed E-state index contributed by atoms with van der Waals surface area (Å²) in [6, 6.07) is 0. The van der Waals surface area contributed by atoms with E-state index in [-0.39, 0.29) is 12.2 Å². The molecule has 1 saturated carbocycles. The van der Waals surface area contributed by atoms with Gasteiger partial charge in [-0.25, -0.2) is 0 Å². The lowest BCUT2D eigenvalue weighted by Crippen LogP contribution is -2.27. The summed E-state index contributed by atoms with van der Waals surface area (Å²) in [7, 11) is 0. The van der Waals surface area contributed by atoms with E-state index in [1.165, 1.54) is 12.8 Å². The third-order valence-electron chi connectivity index (χ3n) is 2.75. The van der Waals surface area contributed by atoms with E-state index in [4.69, 9.17) is 4.74 Å². The molecule has 2 nitrogen and oxygen atoms in total. The molecule has 1 heterocycles. The first-order valence-electron chi connectivity index (χ1n) is 4.61. The standard InChI is InChI=1S/C9H16O2/c1-6-2-5-8(11-6)9(10)7-3-4-7/h6-10H,2-5H2,1H3. The molecule has 1 saturated heterocycles. The monoisotopic (exact) mass is 156 g/mol. The van der Waals surface area contributed by atoms with Crippen molar-refractivity contribution in [2.24, 2.45) is 5.92 Å². The maximum Gasteiger partial charge on any atom is 0.0841 e. The molecule has 1 aliphatic carbocycles. The lowest BCUT2D eigenvalue weighted by atomic mass is 10.1. The average Bonchev–Trinajstić information content (AvgIpc) is 2.74. The van der Waals surface area contributed by atoms with Gasteiger partial charge in [-0.15, -0.1) is 0 Å². The zero-order chi connectivity index (χ0) is 7.84. The molecule has 0 bridgehead atoms. The highest BCUT2D eigenvalue weighted by Crippen LogP contribution is 2.37. The number of aliphatic hydroxyl groups excluding tert-OH is 1. The van der Waals surface area contributed by atoms with Crippen molar-refractivity contribution in [1.82, 2.24) is 0 Å². The summed E-state index contributed by atoms with van der Waals surface area (Å²) in [6.45, 7) is 2.08. The van der Waals surface area contributed by atoms with Crippen LogP contribution in [-0.2, 0) is 4.74 Å². The van der Waals surface area contributed by atoms with E-state index in [0.29, 0.717) is 12.0 Å². The largest absolute Gasteiger partial charge is 0.390 e. The van der Waals surface area contributed by atoms with Gasteiger partial charge in [0.1, 0.15) is 0 Å². The predicted octanol–water partition coefficient (Wildman–Crippen LogP) is 1.32. The number of hydrogen-bond donors (Lipinski definition) is 1. The average molecular weight is 156 g/mol. The fraction of sp³-hybridized carbons (Fsp3) is 1.00. The van der Waals surface area contributed by atoms with E-state index in [1.54, 1.807) is 0 Å². The summed E-state index contributed by atoms with van der Waals surface area (Å²) in [4.78, 5) is 0. The van der Waals surface area contributed by atoms with E-state index in [9.17, 15) is 5.11 Å². The van der Waals surface area contributed by atoms with Gasteiger partial charge in [0.15, 0.2) is 0 Å². The number of hydrogen-bond acceptors (Lipinski definition) is 2. The van der Waals surface area contributed by atoms with E-state index in [2.05, 4.69) is 6.92 Å². The second-order valence-electron chi connectivity index (χ2n) is 3.89. The second kappa shape index (κ2) is 2.76. The van der Waals surface area contributed by atoms with Crippen LogP contribution >= 0.6 is 0 Å². The Morgan fingerprint density at radius 2 is 2.00 bits per heavy atom. The molecule has 2 rings (SSSR count). The Morgan fingerprint density at radius 1 is 1.27 bits per heavy atom. The highest BCUT2D eigenvalue weighted by molar-refractivity contribution is 4.88. The molecule has 2 fully saturated rings. The Kier molecular flexibility index (Phi) is 1.90. The van der Waals surface area contributed by atoms with Crippen LogP contribution in [0.1, 0.15) is 32.6 Å². The molecule has 3 atom stereocenters. The van der Waals surface area contributed by atoms with Gasteiger partial charge in [-0.3, -0.25) is 0 Å². The molecule has 0 aromatic rings. The summed E-state index contributed by atoms with van der Waals surface area (Å²) >= 11 is 0. The molecular formula is C9H16O2. The van der Waals surface area contributed by atoms with Crippen LogP contribution in [0.25, 0.3) is 0 Å². The minimum atomic E-state index is -0.167. The third-order valence-corrected chi connectivity index (χ3v) is 2.75. The molecule has 0 radical (unpaired) electrons. The van der Waals surface area contributed by atoms with Gasteiger partial charge in [0.05, 0.1) is 18.3 Å². The molecule has 2 aliphatic rings. The molecule has 0 amide bonds. The minimum absolute atomic E-state index is 0.150. The maximum atomic E-state index is 9.68. The zero-order valence-corrected chi connectivity index (χ0v) is 6.99. The van der Waals surface area contributed by atoms with Crippen molar-refractivity contribution in [3.8, 4) is 0 Å². The molecular weight excluding hydrogens is 140 g/mol. The summed E-state index contributed by atoms with van der Waals surface area (Å²) < 4.78 is 5.57. The van der Waals surface area contributed by atoms with Gasteiger partial charge in [0, 0.05) is 0 Å². The van der Waals surface area contributed by atoms with Crippen LogP contribution in [0.4, 0.5) is 0 Å². The van der Waals surface area contributed by atoms with Gasteiger partial charge >= 0.3 is 0 Å². The first-order chi connectivity index (χ1) is 5.27. The molecule has 1 N–H and O–H groups in total. The molecule has 64 valence electrons. The van der Waals surface area contributed by atoms with Crippen molar-refractivity contribution in [2.75, 3.05) is 0 Å². The maximum absolute atomic E-state index is 9.68. The Morgan fingerprint density at radius 3 is 2.45 bits per heavy atom. The highest BCUT2D eigenvalue weighted by atomic mass is 16.5. The molecule has 3 unspecified atom stereocenters.